The molecule has 0 amide bonds. The summed E-state index contributed by atoms with van der Waals surface area (Å²) in [6.45, 7) is 12.0. The number of fused-ring (bicyclic) bond motifs is 1. The Labute approximate surface area is 207 Å². The van der Waals surface area contributed by atoms with Crippen molar-refractivity contribution in [3.63, 3.8) is 0 Å². The molecular formula is C23H33IN6O2. The second kappa shape index (κ2) is 12.1. The van der Waals surface area contributed by atoms with Gasteiger partial charge in [0.15, 0.2) is 17.5 Å². The fourth-order valence-corrected chi connectivity index (χ4v) is 3.74. The van der Waals surface area contributed by atoms with E-state index in [9.17, 15) is 0 Å². The number of benzene rings is 1. The number of hydrogen-bond donors (Lipinski definition) is 2. The van der Waals surface area contributed by atoms with Gasteiger partial charge < -0.3 is 29.9 Å². The van der Waals surface area contributed by atoms with E-state index < -0.39 is 0 Å². The summed E-state index contributed by atoms with van der Waals surface area (Å²) >= 11 is 0. The molecule has 0 atom stereocenters. The molecule has 9 heteroatoms. The molecule has 0 bridgehead atoms. The van der Waals surface area contributed by atoms with Crippen molar-refractivity contribution in [3.8, 4) is 11.5 Å². The van der Waals surface area contributed by atoms with Gasteiger partial charge in [-0.05, 0) is 42.8 Å². The van der Waals surface area contributed by atoms with E-state index in [4.69, 9.17) is 14.5 Å². The highest BCUT2D eigenvalue weighted by Gasteiger charge is 2.16. The molecule has 2 N–H and O–H groups in total. The van der Waals surface area contributed by atoms with E-state index in [2.05, 4.69) is 51.4 Å². The first kappa shape index (κ1) is 24.4. The summed E-state index contributed by atoms with van der Waals surface area (Å²) in [5.74, 6) is 3.42. The summed E-state index contributed by atoms with van der Waals surface area (Å²) in [6.07, 6.45) is 1.94. The first-order valence-corrected chi connectivity index (χ1v) is 11.1. The van der Waals surface area contributed by atoms with E-state index in [0.717, 1.165) is 73.7 Å². The minimum atomic E-state index is 0. The van der Waals surface area contributed by atoms with Crippen LogP contribution >= 0.6 is 24.0 Å². The second-order valence-corrected chi connectivity index (χ2v) is 7.68. The Morgan fingerprint density at radius 1 is 1.00 bits per heavy atom. The third-order valence-corrected chi connectivity index (χ3v) is 5.61. The van der Waals surface area contributed by atoms with Crippen molar-refractivity contribution in [2.45, 2.75) is 26.9 Å². The van der Waals surface area contributed by atoms with Gasteiger partial charge in [0.25, 0.3) is 0 Å². The van der Waals surface area contributed by atoms with E-state index in [1.165, 1.54) is 0 Å². The van der Waals surface area contributed by atoms with Crippen molar-refractivity contribution in [1.29, 1.82) is 0 Å². The van der Waals surface area contributed by atoms with Crippen LogP contribution in [0, 0.1) is 0 Å². The predicted octanol–water partition coefficient (Wildman–Crippen LogP) is 2.83. The van der Waals surface area contributed by atoms with Crippen LogP contribution in [0.15, 0.2) is 41.5 Å². The van der Waals surface area contributed by atoms with E-state index >= 15 is 0 Å². The summed E-state index contributed by atoms with van der Waals surface area (Å²) in [5, 5.41) is 6.68. The molecule has 0 aliphatic carbocycles. The quantitative estimate of drug-likeness (QED) is 0.311. The van der Waals surface area contributed by atoms with Gasteiger partial charge in [0.05, 0.1) is 6.54 Å². The van der Waals surface area contributed by atoms with Gasteiger partial charge in [0.1, 0.15) is 5.82 Å². The largest absolute Gasteiger partial charge is 0.454 e. The van der Waals surface area contributed by atoms with Crippen molar-refractivity contribution in [2.24, 2.45) is 4.99 Å². The second-order valence-electron chi connectivity index (χ2n) is 7.68. The molecule has 2 aliphatic heterocycles. The minimum Gasteiger partial charge on any atom is -0.454 e. The molecule has 8 nitrogen and oxygen atoms in total. The Morgan fingerprint density at radius 2 is 1.78 bits per heavy atom. The number of piperazine rings is 1. The van der Waals surface area contributed by atoms with Crippen molar-refractivity contribution in [3.05, 3.63) is 47.7 Å². The first-order chi connectivity index (χ1) is 15.2. The van der Waals surface area contributed by atoms with Crippen LogP contribution in [-0.2, 0) is 13.1 Å². The van der Waals surface area contributed by atoms with Gasteiger partial charge in [0.2, 0.25) is 6.79 Å². The number of likely N-dealkylation sites (N-methyl/N-ethyl adjacent to an activating group) is 1. The molecule has 2 aliphatic rings. The number of hydrogen-bond acceptors (Lipinski definition) is 6. The molecule has 1 aromatic carbocycles. The summed E-state index contributed by atoms with van der Waals surface area (Å²) in [7, 11) is 0. The monoisotopic (exact) mass is 552 g/mol. The number of halogens is 1. The van der Waals surface area contributed by atoms with Crippen LogP contribution < -0.4 is 25.0 Å². The van der Waals surface area contributed by atoms with Crippen LogP contribution in [0.2, 0.25) is 0 Å². The molecule has 1 saturated heterocycles. The fraction of sp³-hybridized carbons (Fsp3) is 0.478. The molecule has 0 unspecified atom stereocenters. The van der Waals surface area contributed by atoms with E-state index in [1.54, 1.807) is 0 Å². The van der Waals surface area contributed by atoms with E-state index in [0.29, 0.717) is 13.1 Å². The van der Waals surface area contributed by atoms with Crippen LogP contribution in [0.25, 0.3) is 0 Å². The maximum Gasteiger partial charge on any atom is 0.231 e. The molecule has 1 fully saturated rings. The highest BCUT2D eigenvalue weighted by Crippen LogP contribution is 2.32. The number of ether oxygens (including phenoxy) is 2. The van der Waals surface area contributed by atoms with Gasteiger partial charge in [-0.1, -0.05) is 19.1 Å². The van der Waals surface area contributed by atoms with E-state index in [-0.39, 0.29) is 30.8 Å². The standard InChI is InChI=1S/C23H32N6O2.HI/c1-3-24-23(26-14-18-5-7-20-21(13-18)31-17-30-20)27-16-19-6-8-22(25-15-19)29-11-9-28(4-2)10-12-29;/h5-8,13,15H,3-4,9-12,14,16-17H2,1-2H3,(H2,24,26,27);1H. The Hall–Kier alpha value is -2.27. The zero-order valence-electron chi connectivity index (χ0n) is 18.8. The minimum absolute atomic E-state index is 0. The van der Waals surface area contributed by atoms with Crippen molar-refractivity contribution < 1.29 is 9.47 Å². The number of anilines is 1. The van der Waals surface area contributed by atoms with E-state index in [1.807, 2.05) is 24.4 Å². The van der Waals surface area contributed by atoms with Crippen LogP contribution in [-0.4, -0.2) is 61.9 Å². The highest BCUT2D eigenvalue weighted by molar-refractivity contribution is 14.0. The maximum atomic E-state index is 5.45. The summed E-state index contributed by atoms with van der Waals surface area (Å²) in [5.41, 5.74) is 2.21. The normalized spacial score (nSPS) is 15.9. The van der Waals surface area contributed by atoms with Gasteiger partial charge in [-0.15, -0.1) is 24.0 Å². The third-order valence-electron chi connectivity index (χ3n) is 5.61. The van der Waals surface area contributed by atoms with Crippen LogP contribution in [0.4, 0.5) is 5.82 Å². The topological polar surface area (TPSA) is 74.3 Å². The summed E-state index contributed by atoms with van der Waals surface area (Å²) < 4.78 is 10.8. The third kappa shape index (κ3) is 6.38. The molecular weight excluding hydrogens is 519 g/mol. The Kier molecular flexibility index (Phi) is 9.22. The lowest BCUT2D eigenvalue weighted by Gasteiger charge is -2.34. The average molecular weight is 552 g/mol. The lowest BCUT2D eigenvalue weighted by atomic mass is 10.2. The summed E-state index contributed by atoms with van der Waals surface area (Å²) in [6, 6.07) is 10.2. The van der Waals surface area contributed by atoms with Crippen molar-refractivity contribution in [2.75, 3.05) is 51.0 Å². The van der Waals surface area contributed by atoms with Gasteiger partial charge in [-0.3, -0.25) is 0 Å². The number of pyridine rings is 1. The number of guanidine groups is 1. The highest BCUT2D eigenvalue weighted by atomic mass is 127. The SMILES string of the molecule is CCNC(=NCc1ccc(N2CCN(CC)CC2)nc1)NCc1ccc2c(c1)OCO2.I. The molecule has 174 valence electrons. The lowest BCUT2D eigenvalue weighted by molar-refractivity contribution is 0.174. The average Bonchev–Trinajstić information content (AvgIpc) is 3.29. The van der Waals surface area contributed by atoms with Crippen LogP contribution in [0.1, 0.15) is 25.0 Å². The number of rotatable bonds is 7. The van der Waals surface area contributed by atoms with Crippen molar-refractivity contribution in [1.82, 2.24) is 20.5 Å². The molecule has 3 heterocycles. The molecule has 0 saturated carbocycles. The lowest BCUT2D eigenvalue weighted by Crippen LogP contribution is -2.46. The molecule has 4 rings (SSSR count). The van der Waals surface area contributed by atoms with Crippen molar-refractivity contribution >= 4 is 35.8 Å². The van der Waals surface area contributed by atoms with Gasteiger partial charge in [-0.2, -0.15) is 0 Å². The zero-order chi connectivity index (χ0) is 21.5. The molecule has 2 aromatic rings. The summed E-state index contributed by atoms with van der Waals surface area (Å²) in [4.78, 5) is 14.2. The van der Waals surface area contributed by atoms with Gasteiger partial charge in [0, 0.05) is 45.5 Å². The Bertz CT molecular complexity index is 885. The number of aromatic nitrogens is 1. The number of nitrogens with one attached hydrogen (secondary N) is 2. The smallest absolute Gasteiger partial charge is 0.231 e. The van der Waals surface area contributed by atoms with Gasteiger partial charge >= 0.3 is 0 Å². The Morgan fingerprint density at radius 3 is 2.50 bits per heavy atom. The van der Waals surface area contributed by atoms with Crippen LogP contribution in [0.3, 0.4) is 0 Å². The van der Waals surface area contributed by atoms with Crippen LogP contribution in [0.5, 0.6) is 11.5 Å². The fourth-order valence-electron chi connectivity index (χ4n) is 3.74. The number of nitrogens with zero attached hydrogens (tertiary/aromatic N) is 4. The molecule has 32 heavy (non-hydrogen) atoms. The number of aliphatic imine (C=N–C) groups is 1. The van der Waals surface area contributed by atoms with Gasteiger partial charge in [-0.25, -0.2) is 9.98 Å². The molecule has 1 aromatic heterocycles. The zero-order valence-corrected chi connectivity index (χ0v) is 21.2. The molecule has 0 radical (unpaired) electrons. The Balaban J connectivity index is 0.00000289. The predicted molar refractivity (Wildman–Crippen MR) is 138 cm³/mol. The maximum absolute atomic E-state index is 5.45. The molecule has 0 spiro atoms. The first-order valence-electron chi connectivity index (χ1n) is 11.1.